The van der Waals surface area contributed by atoms with E-state index in [2.05, 4.69) is 51.2 Å². The summed E-state index contributed by atoms with van der Waals surface area (Å²) in [6, 6.07) is 6.34. The third kappa shape index (κ3) is 5.68. The molecule has 21 heavy (non-hydrogen) atoms. The van der Waals surface area contributed by atoms with Crippen molar-refractivity contribution < 1.29 is 9.47 Å². The quantitative estimate of drug-likeness (QED) is 0.834. The van der Waals surface area contributed by atoms with Gasteiger partial charge in [0.15, 0.2) is 0 Å². The monoisotopic (exact) mass is 291 g/mol. The summed E-state index contributed by atoms with van der Waals surface area (Å²) < 4.78 is 11.9. The Balaban J connectivity index is 1.70. The summed E-state index contributed by atoms with van der Waals surface area (Å²) in [7, 11) is 0. The second kappa shape index (κ2) is 7.81. The van der Waals surface area contributed by atoms with Gasteiger partial charge in [-0.05, 0) is 62.4 Å². The van der Waals surface area contributed by atoms with Crippen molar-refractivity contribution in [1.29, 1.82) is 0 Å². The molecule has 0 radical (unpaired) electrons. The molecular formula is C18H29NO2. The first-order valence-corrected chi connectivity index (χ1v) is 8.10. The van der Waals surface area contributed by atoms with Gasteiger partial charge in [0.2, 0.25) is 0 Å². The van der Waals surface area contributed by atoms with Crippen molar-refractivity contribution in [2.75, 3.05) is 19.7 Å². The molecule has 1 fully saturated rings. The number of hydrogen-bond donors (Lipinski definition) is 1. The first-order valence-electron chi connectivity index (χ1n) is 8.10. The third-order valence-electron chi connectivity index (χ3n) is 3.75. The van der Waals surface area contributed by atoms with E-state index in [1.807, 2.05) is 0 Å². The van der Waals surface area contributed by atoms with E-state index in [9.17, 15) is 0 Å². The Morgan fingerprint density at radius 2 is 1.81 bits per heavy atom. The molecule has 0 aromatic heterocycles. The topological polar surface area (TPSA) is 30.5 Å². The lowest BCUT2D eigenvalue weighted by molar-refractivity contribution is 0.0184. The van der Waals surface area contributed by atoms with Crippen molar-refractivity contribution in [2.45, 2.75) is 52.7 Å². The van der Waals surface area contributed by atoms with Crippen LogP contribution in [0.3, 0.4) is 0 Å². The van der Waals surface area contributed by atoms with E-state index < -0.39 is 0 Å². The van der Waals surface area contributed by atoms with E-state index in [0.717, 1.165) is 31.7 Å². The molecule has 0 saturated carbocycles. The van der Waals surface area contributed by atoms with E-state index >= 15 is 0 Å². The minimum absolute atomic E-state index is 0.233. The summed E-state index contributed by atoms with van der Waals surface area (Å²) in [5.74, 6) is 1.65. The summed E-state index contributed by atoms with van der Waals surface area (Å²) in [4.78, 5) is 0. The van der Waals surface area contributed by atoms with Crippen LogP contribution in [0.5, 0.6) is 5.75 Å². The van der Waals surface area contributed by atoms with Gasteiger partial charge in [-0.3, -0.25) is 0 Å². The number of benzene rings is 1. The zero-order chi connectivity index (χ0) is 15.2. The molecule has 0 aliphatic carbocycles. The molecule has 1 aliphatic heterocycles. The lowest BCUT2D eigenvalue weighted by Gasteiger charge is -2.16. The Bertz CT molecular complexity index is 425. The standard InChI is InChI=1S/C18H29NO2/c1-13(2)10-19-11-16-5-6-17(21-16)12-20-18-8-14(3)7-15(4)9-18/h7-9,13,16-17,19H,5-6,10-12H2,1-4H3. The molecule has 2 rings (SSSR count). The zero-order valence-electron chi connectivity index (χ0n) is 13.8. The predicted octanol–water partition coefficient (Wildman–Crippen LogP) is 3.48. The second-order valence-electron chi connectivity index (χ2n) is 6.64. The van der Waals surface area contributed by atoms with E-state index in [0.29, 0.717) is 18.6 Å². The maximum atomic E-state index is 6.04. The van der Waals surface area contributed by atoms with Crippen LogP contribution in [0.2, 0.25) is 0 Å². The number of ether oxygens (including phenoxy) is 2. The minimum Gasteiger partial charge on any atom is -0.491 e. The van der Waals surface area contributed by atoms with Crippen molar-refractivity contribution in [3.05, 3.63) is 29.3 Å². The van der Waals surface area contributed by atoms with Gasteiger partial charge < -0.3 is 14.8 Å². The molecule has 0 bridgehead atoms. The van der Waals surface area contributed by atoms with Gasteiger partial charge in [-0.2, -0.15) is 0 Å². The first kappa shape index (κ1) is 16.3. The highest BCUT2D eigenvalue weighted by atomic mass is 16.5. The van der Waals surface area contributed by atoms with Gasteiger partial charge in [0.25, 0.3) is 0 Å². The summed E-state index contributed by atoms with van der Waals surface area (Å²) in [5.41, 5.74) is 2.49. The maximum Gasteiger partial charge on any atom is 0.119 e. The Labute approximate surface area is 129 Å². The van der Waals surface area contributed by atoms with E-state index in [1.165, 1.54) is 11.1 Å². The van der Waals surface area contributed by atoms with Crippen molar-refractivity contribution in [3.63, 3.8) is 0 Å². The minimum atomic E-state index is 0.233. The molecule has 2 unspecified atom stereocenters. The average molecular weight is 291 g/mol. The molecule has 0 spiro atoms. The van der Waals surface area contributed by atoms with Crippen LogP contribution in [0.1, 0.15) is 37.8 Å². The Kier molecular flexibility index (Phi) is 6.07. The van der Waals surface area contributed by atoms with Gasteiger partial charge in [-0.1, -0.05) is 19.9 Å². The fourth-order valence-electron chi connectivity index (χ4n) is 2.79. The Morgan fingerprint density at radius 3 is 2.48 bits per heavy atom. The third-order valence-corrected chi connectivity index (χ3v) is 3.75. The van der Waals surface area contributed by atoms with Crippen LogP contribution in [0.25, 0.3) is 0 Å². The lowest BCUT2D eigenvalue weighted by Crippen LogP contribution is -2.30. The number of aryl methyl sites for hydroxylation is 2. The molecule has 3 nitrogen and oxygen atoms in total. The normalized spacial score (nSPS) is 22.0. The molecule has 118 valence electrons. The fourth-order valence-corrected chi connectivity index (χ4v) is 2.79. The van der Waals surface area contributed by atoms with Crippen LogP contribution in [-0.4, -0.2) is 31.9 Å². The van der Waals surface area contributed by atoms with E-state index in [4.69, 9.17) is 9.47 Å². The maximum absolute atomic E-state index is 6.04. The summed E-state index contributed by atoms with van der Waals surface area (Å²) in [6.07, 6.45) is 2.80. The fraction of sp³-hybridized carbons (Fsp3) is 0.667. The van der Waals surface area contributed by atoms with Gasteiger partial charge in [-0.25, -0.2) is 0 Å². The van der Waals surface area contributed by atoms with E-state index in [1.54, 1.807) is 0 Å². The van der Waals surface area contributed by atoms with Gasteiger partial charge in [-0.15, -0.1) is 0 Å². The van der Waals surface area contributed by atoms with Crippen molar-refractivity contribution in [2.24, 2.45) is 5.92 Å². The zero-order valence-corrected chi connectivity index (χ0v) is 13.8. The van der Waals surface area contributed by atoms with Crippen LogP contribution < -0.4 is 10.1 Å². The molecule has 3 heteroatoms. The molecular weight excluding hydrogens is 262 g/mol. The largest absolute Gasteiger partial charge is 0.491 e. The predicted molar refractivity (Wildman–Crippen MR) is 87.0 cm³/mol. The average Bonchev–Trinajstić information content (AvgIpc) is 2.83. The molecule has 1 aromatic carbocycles. The van der Waals surface area contributed by atoms with Crippen LogP contribution in [0.4, 0.5) is 0 Å². The highest BCUT2D eigenvalue weighted by molar-refractivity contribution is 5.32. The Hall–Kier alpha value is -1.06. The lowest BCUT2D eigenvalue weighted by atomic mass is 10.1. The SMILES string of the molecule is Cc1cc(C)cc(OCC2CCC(CNCC(C)C)O2)c1. The van der Waals surface area contributed by atoms with Gasteiger partial charge in [0, 0.05) is 6.54 Å². The molecule has 1 aromatic rings. The molecule has 1 heterocycles. The van der Waals surface area contributed by atoms with Crippen LogP contribution in [0.15, 0.2) is 18.2 Å². The summed E-state index contributed by atoms with van der Waals surface area (Å²) >= 11 is 0. The molecule has 0 amide bonds. The molecule has 2 atom stereocenters. The van der Waals surface area contributed by atoms with Crippen LogP contribution >= 0.6 is 0 Å². The molecule has 1 aliphatic rings. The van der Waals surface area contributed by atoms with Crippen LogP contribution in [-0.2, 0) is 4.74 Å². The summed E-state index contributed by atoms with van der Waals surface area (Å²) in [5, 5.41) is 3.47. The summed E-state index contributed by atoms with van der Waals surface area (Å²) in [6.45, 7) is 11.3. The molecule has 1 saturated heterocycles. The highest BCUT2D eigenvalue weighted by Gasteiger charge is 2.25. The molecule has 1 N–H and O–H groups in total. The number of rotatable bonds is 7. The van der Waals surface area contributed by atoms with Crippen molar-refractivity contribution in [3.8, 4) is 5.75 Å². The second-order valence-corrected chi connectivity index (χ2v) is 6.64. The Morgan fingerprint density at radius 1 is 1.14 bits per heavy atom. The van der Waals surface area contributed by atoms with Gasteiger partial charge in [0.05, 0.1) is 12.2 Å². The van der Waals surface area contributed by atoms with E-state index in [-0.39, 0.29) is 6.10 Å². The first-order chi connectivity index (χ1) is 10.0. The highest BCUT2D eigenvalue weighted by Crippen LogP contribution is 2.22. The van der Waals surface area contributed by atoms with Crippen molar-refractivity contribution >= 4 is 0 Å². The number of hydrogen-bond acceptors (Lipinski definition) is 3. The van der Waals surface area contributed by atoms with Crippen molar-refractivity contribution in [1.82, 2.24) is 5.32 Å². The van der Waals surface area contributed by atoms with Gasteiger partial charge in [0.1, 0.15) is 12.4 Å². The number of nitrogens with one attached hydrogen (secondary N) is 1. The van der Waals surface area contributed by atoms with Crippen LogP contribution in [0, 0.1) is 19.8 Å². The smallest absolute Gasteiger partial charge is 0.119 e. The van der Waals surface area contributed by atoms with Gasteiger partial charge >= 0.3 is 0 Å².